The maximum absolute atomic E-state index is 13.2. The van der Waals surface area contributed by atoms with E-state index in [-0.39, 0.29) is 24.9 Å². The second-order valence-electron chi connectivity index (χ2n) is 17.3. The number of rotatable bonds is 45. The van der Waals surface area contributed by atoms with Gasteiger partial charge in [0.2, 0.25) is 5.91 Å². The van der Waals surface area contributed by atoms with Crippen molar-refractivity contribution in [2.24, 2.45) is 0 Å². The van der Waals surface area contributed by atoms with Gasteiger partial charge in [-0.2, -0.15) is 0 Å². The maximum atomic E-state index is 13.2. The molecular weight excluding hydrogens is 791 g/mol. The molecule has 0 rings (SSSR count). The van der Waals surface area contributed by atoms with Crippen LogP contribution in [0.5, 0.6) is 0 Å². The summed E-state index contributed by atoms with van der Waals surface area (Å²) in [5.41, 5.74) is 0. The van der Waals surface area contributed by atoms with E-state index in [2.05, 4.69) is 105 Å². The molecule has 0 saturated heterocycles. The maximum Gasteiger partial charge on any atom is 0.306 e. The minimum absolute atomic E-state index is 0.0167. The van der Waals surface area contributed by atoms with Crippen molar-refractivity contribution in [3.63, 3.8) is 0 Å². The van der Waals surface area contributed by atoms with Crippen LogP contribution in [0.4, 0.5) is 0 Å². The molecule has 0 fully saturated rings. The highest BCUT2D eigenvalue weighted by Crippen LogP contribution is 2.16. The Labute approximate surface area is 394 Å². The molecule has 3 unspecified atom stereocenters. The first-order valence-electron chi connectivity index (χ1n) is 26.2. The average Bonchev–Trinajstić information content (AvgIpc) is 3.29. The minimum Gasteiger partial charge on any atom is -0.461 e. The van der Waals surface area contributed by atoms with Gasteiger partial charge >= 0.3 is 5.97 Å². The van der Waals surface area contributed by atoms with Crippen LogP contribution in [0, 0.1) is 0 Å². The minimum atomic E-state index is -0.823. The van der Waals surface area contributed by atoms with Crippen LogP contribution >= 0.6 is 0 Å². The number of aliphatic hydroxyl groups excluding tert-OH is 2. The Balaban J connectivity index is 4.76. The van der Waals surface area contributed by atoms with E-state index < -0.39 is 18.2 Å². The average molecular weight is 888 g/mol. The molecule has 6 heteroatoms. The van der Waals surface area contributed by atoms with Crippen molar-refractivity contribution in [2.45, 2.75) is 238 Å². The van der Waals surface area contributed by atoms with Gasteiger partial charge in [0.15, 0.2) is 0 Å². The molecular formula is C58H97NO5. The van der Waals surface area contributed by atoms with Crippen LogP contribution in [0.15, 0.2) is 109 Å². The van der Waals surface area contributed by atoms with Crippen molar-refractivity contribution in [2.75, 3.05) is 6.61 Å². The number of allylic oxidation sites excluding steroid dienone is 17. The van der Waals surface area contributed by atoms with E-state index in [1.807, 2.05) is 30.4 Å². The van der Waals surface area contributed by atoms with Gasteiger partial charge in [-0.15, -0.1) is 0 Å². The number of amides is 1. The molecule has 0 aromatic carbocycles. The number of hydrogen-bond donors (Lipinski definition) is 3. The number of aliphatic hydroxyl groups is 2. The molecule has 0 aliphatic rings. The lowest BCUT2D eigenvalue weighted by atomic mass is 10.0. The Morgan fingerprint density at radius 1 is 0.500 bits per heavy atom. The fraction of sp³-hybridized carbons (Fsp3) is 0.655. The molecule has 0 aromatic rings. The van der Waals surface area contributed by atoms with E-state index in [1.165, 1.54) is 77.0 Å². The van der Waals surface area contributed by atoms with Gasteiger partial charge in [-0.05, 0) is 64.2 Å². The van der Waals surface area contributed by atoms with E-state index >= 15 is 0 Å². The Hall–Kier alpha value is -3.48. The Bertz CT molecular complexity index is 1320. The number of unbranched alkanes of at least 4 members (excludes halogenated alkanes) is 19. The Morgan fingerprint density at radius 3 is 1.45 bits per heavy atom. The van der Waals surface area contributed by atoms with Crippen LogP contribution in [0.2, 0.25) is 0 Å². The number of carbonyl (C=O) groups excluding carboxylic acids is 2. The third kappa shape index (κ3) is 45.1. The van der Waals surface area contributed by atoms with E-state index in [1.54, 1.807) is 0 Å². The second-order valence-corrected chi connectivity index (χ2v) is 17.3. The van der Waals surface area contributed by atoms with E-state index in [0.29, 0.717) is 19.3 Å². The zero-order valence-electron chi connectivity index (χ0n) is 41.4. The van der Waals surface area contributed by atoms with Crippen LogP contribution < -0.4 is 5.32 Å². The molecule has 64 heavy (non-hydrogen) atoms. The van der Waals surface area contributed by atoms with Gasteiger partial charge < -0.3 is 20.3 Å². The monoisotopic (exact) mass is 888 g/mol. The summed E-state index contributed by atoms with van der Waals surface area (Å²) < 4.78 is 5.86. The van der Waals surface area contributed by atoms with Gasteiger partial charge in [0, 0.05) is 12.8 Å². The summed E-state index contributed by atoms with van der Waals surface area (Å²) in [5.74, 6) is -0.615. The van der Waals surface area contributed by atoms with Crippen molar-refractivity contribution in [1.82, 2.24) is 5.32 Å². The lowest BCUT2D eigenvalue weighted by Crippen LogP contribution is -2.46. The van der Waals surface area contributed by atoms with Crippen LogP contribution in [-0.2, 0) is 14.3 Å². The molecule has 0 spiro atoms. The number of carbonyl (C=O) groups is 2. The van der Waals surface area contributed by atoms with Crippen LogP contribution in [0.25, 0.3) is 0 Å². The fourth-order valence-electron chi connectivity index (χ4n) is 7.29. The SMILES string of the molecule is CC/C=C\C/C=C\C/C=C\C/C=C\C/C=C\CC(CC(=O)NC(CO)C(O)CCCCCCCCCCCCCCCCC)OC(=O)CCCCCCC\C=C/C=C/C=C/C=C/CC. The summed E-state index contributed by atoms with van der Waals surface area (Å²) in [6, 6.07) is -0.744. The van der Waals surface area contributed by atoms with E-state index in [0.717, 1.165) is 96.3 Å². The first-order valence-corrected chi connectivity index (χ1v) is 26.2. The van der Waals surface area contributed by atoms with Crippen molar-refractivity contribution < 1.29 is 24.5 Å². The molecule has 0 aliphatic heterocycles. The highest BCUT2D eigenvalue weighted by molar-refractivity contribution is 5.77. The molecule has 0 aromatic heterocycles. The smallest absolute Gasteiger partial charge is 0.306 e. The van der Waals surface area contributed by atoms with E-state index in [4.69, 9.17) is 4.74 Å². The Morgan fingerprint density at radius 2 is 0.938 bits per heavy atom. The standard InChI is InChI=1S/C58H97NO5/c1-4-7-10-13-16-19-22-25-28-31-34-37-40-43-46-49-54(64-58(63)51-48-45-42-39-36-33-30-27-24-21-18-15-12-9-6-3)52-57(62)59-55(53-60)56(61)50-47-44-41-38-35-32-29-26-23-20-17-14-11-8-5-2/h7,9-10,12,15-16,18-19,21,24-25,27-28,30,34,37,43,46,54-56,60-61H,4-6,8,11,13-14,17,20,22-23,26,29,31-33,35-36,38-42,44-45,47-53H2,1-3H3,(H,59,62)/b10-7-,12-9+,18-15+,19-16-,24-21+,28-25-,30-27-,37-34-,46-43-. The molecule has 0 saturated carbocycles. The molecule has 0 bridgehead atoms. The predicted octanol–water partition coefficient (Wildman–Crippen LogP) is 15.9. The molecule has 6 nitrogen and oxygen atoms in total. The van der Waals surface area contributed by atoms with Crippen molar-refractivity contribution in [1.29, 1.82) is 0 Å². The zero-order chi connectivity index (χ0) is 46.7. The third-order valence-corrected chi connectivity index (χ3v) is 11.2. The highest BCUT2D eigenvalue weighted by Gasteiger charge is 2.23. The predicted molar refractivity (Wildman–Crippen MR) is 277 cm³/mol. The van der Waals surface area contributed by atoms with Gasteiger partial charge in [0.25, 0.3) is 0 Å². The highest BCUT2D eigenvalue weighted by atomic mass is 16.5. The normalized spacial score (nSPS) is 14.1. The number of nitrogens with one attached hydrogen (secondary N) is 1. The summed E-state index contributed by atoms with van der Waals surface area (Å²) >= 11 is 0. The molecule has 0 heterocycles. The molecule has 3 atom stereocenters. The van der Waals surface area contributed by atoms with Crippen LogP contribution in [0.1, 0.15) is 220 Å². The summed E-state index contributed by atoms with van der Waals surface area (Å²) in [7, 11) is 0. The van der Waals surface area contributed by atoms with Gasteiger partial charge in [-0.3, -0.25) is 9.59 Å². The summed E-state index contributed by atoms with van der Waals surface area (Å²) in [4.78, 5) is 26.1. The first-order chi connectivity index (χ1) is 31.5. The summed E-state index contributed by atoms with van der Waals surface area (Å²) in [5, 5.41) is 23.8. The van der Waals surface area contributed by atoms with Gasteiger partial charge in [-0.1, -0.05) is 246 Å². The zero-order valence-corrected chi connectivity index (χ0v) is 41.4. The Kier molecular flexibility index (Phi) is 47.8. The molecule has 1 amide bonds. The summed E-state index contributed by atoms with van der Waals surface area (Å²) in [6.07, 6.45) is 68.7. The van der Waals surface area contributed by atoms with Crippen molar-refractivity contribution >= 4 is 11.9 Å². The van der Waals surface area contributed by atoms with Crippen LogP contribution in [0.3, 0.4) is 0 Å². The van der Waals surface area contributed by atoms with Crippen molar-refractivity contribution in [3.05, 3.63) is 109 Å². The fourth-order valence-corrected chi connectivity index (χ4v) is 7.29. The third-order valence-electron chi connectivity index (χ3n) is 11.2. The lowest BCUT2D eigenvalue weighted by molar-refractivity contribution is -0.150. The number of ether oxygens (including phenoxy) is 1. The molecule has 364 valence electrons. The topological polar surface area (TPSA) is 95.9 Å². The van der Waals surface area contributed by atoms with Crippen molar-refractivity contribution in [3.8, 4) is 0 Å². The van der Waals surface area contributed by atoms with Gasteiger partial charge in [0.05, 0.1) is 25.2 Å². The van der Waals surface area contributed by atoms with Gasteiger partial charge in [-0.25, -0.2) is 0 Å². The van der Waals surface area contributed by atoms with Crippen LogP contribution in [-0.4, -0.2) is 46.9 Å². The van der Waals surface area contributed by atoms with Gasteiger partial charge in [0.1, 0.15) is 6.10 Å². The molecule has 0 radical (unpaired) electrons. The number of esters is 1. The lowest BCUT2D eigenvalue weighted by Gasteiger charge is -2.24. The first kappa shape index (κ1) is 60.5. The quantitative estimate of drug-likeness (QED) is 0.0245. The van der Waals surface area contributed by atoms with E-state index in [9.17, 15) is 19.8 Å². The molecule has 0 aliphatic carbocycles. The largest absolute Gasteiger partial charge is 0.461 e. The number of hydrogen-bond acceptors (Lipinski definition) is 5. The summed E-state index contributed by atoms with van der Waals surface area (Å²) in [6.45, 7) is 6.19. The molecule has 3 N–H and O–H groups in total. The second kappa shape index (κ2) is 50.5.